The van der Waals surface area contributed by atoms with Crippen molar-refractivity contribution in [2.75, 3.05) is 13.2 Å². The molecule has 0 radical (unpaired) electrons. The van der Waals surface area contributed by atoms with Crippen LogP contribution < -0.4 is 10.1 Å². The summed E-state index contributed by atoms with van der Waals surface area (Å²) in [6.45, 7) is 9.01. The Morgan fingerprint density at radius 3 is 2.68 bits per heavy atom. The Morgan fingerprint density at radius 1 is 1.37 bits per heavy atom. The van der Waals surface area contributed by atoms with Crippen LogP contribution in [0.5, 0.6) is 11.5 Å². The van der Waals surface area contributed by atoms with Gasteiger partial charge in [-0.3, -0.25) is 0 Å². The lowest BCUT2D eigenvalue weighted by atomic mass is 9.92. The van der Waals surface area contributed by atoms with Crippen molar-refractivity contribution in [3.05, 3.63) is 23.8 Å². The van der Waals surface area contributed by atoms with E-state index in [1.54, 1.807) is 6.07 Å². The molecule has 1 aliphatic carbocycles. The molecule has 0 spiro atoms. The van der Waals surface area contributed by atoms with Gasteiger partial charge in [0.25, 0.3) is 0 Å². The van der Waals surface area contributed by atoms with E-state index in [2.05, 4.69) is 19.2 Å². The van der Waals surface area contributed by atoms with Gasteiger partial charge in [0.05, 0.1) is 6.61 Å². The van der Waals surface area contributed by atoms with Crippen LogP contribution in [-0.2, 0) is 6.54 Å². The highest BCUT2D eigenvalue weighted by Crippen LogP contribution is 2.51. The van der Waals surface area contributed by atoms with Crippen molar-refractivity contribution < 1.29 is 9.84 Å². The van der Waals surface area contributed by atoms with Crippen LogP contribution in [0.4, 0.5) is 0 Å². The smallest absolute Gasteiger partial charge is 0.161 e. The first-order valence-electron chi connectivity index (χ1n) is 7.23. The molecule has 0 atom stereocenters. The molecule has 0 unspecified atom stereocenters. The molecule has 1 fully saturated rings. The molecule has 2 rings (SSSR count). The third kappa shape index (κ3) is 3.41. The van der Waals surface area contributed by atoms with Crippen LogP contribution in [0.2, 0.25) is 0 Å². The topological polar surface area (TPSA) is 41.5 Å². The Labute approximate surface area is 116 Å². The van der Waals surface area contributed by atoms with Crippen molar-refractivity contribution >= 4 is 0 Å². The first-order valence-corrected chi connectivity index (χ1v) is 7.23. The number of hydrogen-bond acceptors (Lipinski definition) is 3. The molecule has 0 heterocycles. The van der Waals surface area contributed by atoms with E-state index in [0.717, 1.165) is 24.6 Å². The van der Waals surface area contributed by atoms with Gasteiger partial charge in [0.1, 0.15) is 0 Å². The number of phenolic OH excluding ortho intramolecular Hbond substituents is 1. The standard InChI is InChI=1S/C16H25NO2/c1-4-19-15-9-13(5-6-14(15)18)10-17-11-16(7-8-16)12(2)3/h5-6,9,12,17-18H,4,7-8,10-11H2,1-3H3. The molecule has 0 aliphatic heterocycles. The number of benzene rings is 1. The summed E-state index contributed by atoms with van der Waals surface area (Å²) in [5.41, 5.74) is 1.68. The van der Waals surface area contributed by atoms with Crippen LogP contribution in [0.15, 0.2) is 18.2 Å². The van der Waals surface area contributed by atoms with Gasteiger partial charge >= 0.3 is 0 Å². The van der Waals surface area contributed by atoms with Crippen molar-refractivity contribution in [1.82, 2.24) is 5.32 Å². The maximum atomic E-state index is 9.66. The predicted octanol–water partition coefficient (Wildman–Crippen LogP) is 3.32. The van der Waals surface area contributed by atoms with Crippen LogP contribution in [0.3, 0.4) is 0 Å². The number of phenols is 1. The Bertz CT molecular complexity index is 425. The molecule has 19 heavy (non-hydrogen) atoms. The molecule has 3 nitrogen and oxygen atoms in total. The number of hydrogen-bond donors (Lipinski definition) is 2. The SMILES string of the molecule is CCOc1cc(CNCC2(C(C)C)CC2)ccc1O. The summed E-state index contributed by atoms with van der Waals surface area (Å²) in [6, 6.07) is 5.57. The second kappa shape index (κ2) is 5.83. The Hall–Kier alpha value is -1.22. The summed E-state index contributed by atoms with van der Waals surface area (Å²) >= 11 is 0. The first-order chi connectivity index (χ1) is 9.07. The normalized spacial score (nSPS) is 16.6. The maximum Gasteiger partial charge on any atom is 0.161 e. The van der Waals surface area contributed by atoms with Crippen LogP contribution >= 0.6 is 0 Å². The van der Waals surface area contributed by atoms with Gasteiger partial charge in [0.15, 0.2) is 11.5 Å². The molecule has 1 saturated carbocycles. The molecule has 0 amide bonds. The lowest BCUT2D eigenvalue weighted by Gasteiger charge is -2.20. The van der Waals surface area contributed by atoms with Crippen molar-refractivity contribution in [2.24, 2.45) is 11.3 Å². The second-order valence-electron chi connectivity index (χ2n) is 5.86. The van der Waals surface area contributed by atoms with Gasteiger partial charge in [-0.05, 0) is 48.8 Å². The highest BCUT2D eigenvalue weighted by Gasteiger charge is 2.44. The predicted molar refractivity (Wildman–Crippen MR) is 77.5 cm³/mol. The number of ether oxygens (including phenoxy) is 1. The lowest BCUT2D eigenvalue weighted by molar-refractivity contribution is 0.317. The van der Waals surface area contributed by atoms with Crippen molar-refractivity contribution in [2.45, 2.75) is 40.2 Å². The average Bonchev–Trinajstić information content (AvgIpc) is 3.15. The third-order valence-electron chi connectivity index (χ3n) is 4.25. The number of aromatic hydroxyl groups is 1. The monoisotopic (exact) mass is 263 g/mol. The maximum absolute atomic E-state index is 9.66. The van der Waals surface area contributed by atoms with Gasteiger partial charge in [-0.1, -0.05) is 19.9 Å². The molecule has 3 heteroatoms. The fourth-order valence-corrected chi connectivity index (χ4v) is 2.51. The molecular formula is C16H25NO2. The molecule has 0 saturated heterocycles. The largest absolute Gasteiger partial charge is 0.504 e. The summed E-state index contributed by atoms with van der Waals surface area (Å²) < 4.78 is 5.40. The number of rotatable bonds is 7. The van der Waals surface area contributed by atoms with E-state index in [1.165, 1.54) is 12.8 Å². The lowest BCUT2D eigenvalue weighted by Crippen LogP contribution is -2.27. The van der Waals surface area contributed by atoms with Gasteiger partial charge in [0, 0.05) is 13.1 Å². The minimum Gasteiger partial charge on any atom is -0.504 e. The van der Waals surface area contributed by atoms with E-state index >= 15 is 0 Å². The van der Waals surface area contributed by atoms with Crippen LogP contribution in [0.25, 0.3) is 0 Å². The van der Waals surface area contributed by atoms with Crippen LogP contribution in [0.1, 0.15) is 39.2 Å². The fraction of sp³-hybridized carbons (Fsp3) is 0.625. The fourth-order valence-electron chi connectivity index (χ4n) is 2.51. The zero-order valence-corrected chi connectivity index (χ0v) is 12.2. The first kappa shape index (κ1) is 14.2. The van der Waals surface area contributed by atoms with Gasteiger partial charge in [-0.15, -0.1) is 0 Å². The second-order valence-corrected chi connectivity index (χ2v) is 5.86. The van der Waals surface area contributed by atoms with Gasteiger partial charge in [0.2, 0.25) is 0 Å². The Kier molecular flexibility index (Phi) is 4.35. The molecule has 106 valence electrons. The van der Waals surface area contributed by atoms with E-state index in [9.17, 15) is 5.11 Å². The Morgan fingerprint density at radius 2 is 2.11 bits per heavy atom. The van der Waals surface area contributed by atoms with Gasteiger partial charge < -0.3 is 15.2 Å². The summed E-state index contributed by atoms with van der Waals surface area (Å²) in [5, 5.41) is 13.2. The molecule has 0 bridgehead atoms. The van der Waals surface area contributed by atoms with E-state index in [4.69, 9.17) is 4.74 Å². The minimum absolute atomic E-state index is 0.214. The van der Waals surface area contributed by atoms with E-state index in [1.807, 2.05) is 19.1 Å². The molecule has 1 aromatic carbocycles. The van der Waals surface area contributed by atoms with Crippen LogP contribution in [0, 0.1) is 11.3 Å². The zero-order chi connectivity index (χ0) is 13.9. The quantitative estimate of drug-likeness (QED) is 0.793. The van der Waals surface area contributed by atoms with E-state index < -0.39 is 0 Å². The van der Waals surface area contributed by atoms with Crippen molar-refractivity contribution in [3.8, 4) is 11.5 Å². The molecule has 1 aromatic rings. The summed E-state index contributed by atoms with van der Waals surface area (Å²) in [6.07, 6.45) is 2.69. The highest BCUT2D eigenvalue weighted by molar-refractivity contribution is 5.41. The summed E-state index contributed by atoms with van der Waals surface area (Å²) in [7, 11) is 0. The molecule has 0 aromatic heterocycles. The summed E-state index contributed by atoms with van der Waals surface area (Å²) in [4.78, 5) is 0. The van der Waals surface area contributed by atoms with E-state index in [-0.39, 0.29) is 5.75 Å². The van der Waals surface area contributed by atoms with Crippen molar-refractivity contribution in [3.63, 3.8) is 0 Å². The molecule has 1 aliphatic rings. The Balaban J connectivity index is 1.88. The average molecular weight is 263 g/mol. The minimum atomic E-state index is 0.214. The zero-order valence-electron chi connectivity index (χ0n) is 12.2. The highest BCUT2D eigenvalue weighted by atomic mass is 16.5. The molecular weight excluding hydrogens is 238 g/mol. The van der Waals surface area contributed by atoms with Gasteiger partial charge in [-0.2, -0.15) is 0 Å². The molecule has 2 N–H and O–H groups in total. The third-order valence-corrected chi connectivity index (χ3v) is 4.25. The van der Waals surface area contributed by atoms with Crippen molar-refractivity contribution in [1.29, 1.82) is 0 Å². The van der Waals surface area contributed by atoms with Crippen LogP contribution in [-0.4, -0.2) is 18.3 Å². The van der Waals surface area contributed by atoms with E-state index in [0.29, 0.717) is 17.8 Å². The summed E-state index contributed by atoms with van der Waals surface area (Å²) in [5.74, 6) is 1.54. The number of nitrogens with one attached hydrogen (secondary N) is 1. The van der Waals surface area contributed by atoms with Gasteiger partial charge in [-0.25, -0.2) is 0 Å².